The van der Waals surface area contributed by atoms with Crippen molar-refractivity contribution in [1.82, 2.24) is 20.2 Å². The molecule has 0 aliphatic carbocycles. The maximum atomic E-state index is 12.7. The molecule has 0 unspecified atom stereocenters. The molecule has 0 aliphatic rings. The second-order valence-electron chi connectivity index (χ2n) is 5.51. The van der Waals surface area contributed by atoms with E-state index in [-0.39, 0.29) is 15.5 Å². The van der Waals surface area contributed by atoms with Crippen molar-refractivity contribution >= 4 is 25.5 Å². The maximum absolute atomic E-state index is 12.7. The number of nitrogens with one attached hydrogen (secondary N) is 1. The van der Waals surface area contributed by atoms with E-state index in [1.165, 1.54) is 28.9 Å². The van der Waals surface area contributed by atoms with Crippen LogP contribution >= 0.6 is 0 Å². The first-order valence-electron chi connectivity index (χ1n) is 7.36. The molecular weight excluding hydrogens is 378 g/mol. The molecule has 1 N–H and O–H groups in total. The predicted molar refractivity (Wildman–Crippen MR) is 94.3 cm³/mol. The third kappa shape index (κ3) is 3.58. The zero-order valence-electron chi connectivity index (χ0n) is 13.9. The number of anilines is 1. The highest BCUT2D eigenvalue weighted by Crippen LogP contribution is 2.24. The van der Waals surface area contributed by atoms with Gasteiger partial charge in [-0.1, -0.05) is 18.2 Å². The summed E-state index contributed by atoms with van der Waals surface area (Å²) in [6.45, 7) is 1.71. The highest BCUT2D eigenvalue weighted by atomic mass is 32.2. The number of sulfonamides is 1. The first kappa shape index (κ1) is 18.0. The largest absolute Gasteiger partial charge is 0.280 e. The molecule has 0 spiro atoms. The third-order valence-electron chi connectivity index (χ3n) is 3.51. The summed E-state index contributed by atoms with van der Waals surface area (Å²) in [5, 5.41) is 11.2. The summed E-state index contributed by atoms with van der Waals surface area (Å²) in [5.41, 5.74) is 0.810. The first-order valence-corrected chi connectivity index (χ1v) is 10.7. The Morgan fingerprint density at radius 2 is 1.65 bits per heavy atom. The van der Waals surface area contributed by atoms with Crippen LogP contribution in [0.1, 0.15) is 5.82 Å². The van der Waals surface area contributed by atoms with E-state index in [9.17, 15) is 16.8 Å². The predicted octanol–water partition coefficient (Wildman–Crippen LogP) is 1.18. The Kier molecular flexibility index (Phi) is 4.50. The van der Waals surface area contributed by atoms with Gasteiger partial charge in [0.15, 0.2) is 15.7 Å². The summed E-state index contributed by atoms with van der Waals surface area (Å²) in [4.78, 5) is -0.577. The Balaban J connectivity index is 2.01. The molecule has 0 amide bonds. The van der Waals surface area contributed by atoms with Crippen LogP contribution in [0.15, 0.2) is 58.3 Å². The van der Waals surface area contributed by atoms with Crippen molar-refractivity contribution in [2.24, 2.45) is 0 Å². The number of sulfone groups is 1. The van der Waals surface area contributed by atoms with Crippen LogP contribution in [0, 0.1) is 6.92 Å². The summed E-state index contributed by atoms with van der Waals surface area (Å²) >= 11 is 0. The fourth-order valence-corrected chi connectivity index (χ4v) is 5.04. The number of hydrogen-bond donors (Lipinski definition) is 1. The molecule has 9 nitrogen and oxygen atoms in total. The van der Waals surface area contributed by atoms with Gasteiger partial charge in [0.1, 0.15) is 4.90 Å². The molecule has 0 aliphatic heterocycles. The van der Waals surface area contributed by atoms with Crippen LogP contribution in [0.4, 0.5) is 5.69 Å². The Morgan fingerprint density at radius 3 is 2.27 bits per heavy atom. The lowest BCUT2D eigenvalue weighted by atomic mass is 10.3. The summed E-state index contributed by atoms with van der Waals surface area (Å²) in [6.07, 6.45) is 0.961. The number of tetrazole rings is 1. The van der Waals surface area contributed by atoms with Crippen molar-refractivity contribution in [3.63, 3.8) is 0 Å². The van der Waals surface area contributed by atoms with E-state index in [2.05, 4.69) is 20.2 Å². The van der Waals surface area contributed by atoms with Crippen molar-refractivity contribution in [2.45, 2.75) is 16.7 Å². The second-order valence-corrected chi connectivity index (χ2v) is 9.15. The molecule has 2 aromatic carbocycles. The Hall–Kier alpha value is -2.79. The molecule has 0 bridgehead atoms. The topological polar surface area (TPSA) is 124 Å². The van der Waals surface area contributed by atoms with Crippen molar-refractivity contribution < 1.29 is 16.8 Å². The van der Waals surface area contributed by atoms with Crippen LogP contribution in [0.5, 0.6) is 0 Å². The second kappa shape index (κ2) is 6.50. The van der Waals surface area contributed by atoms with Gasteiger partial charge in [-0.05, 0) is 47.7 Å². The standard InChI is InChI=1S/C15H15N5O4S2/c1-11-16-18-19-20(11)13-7-5-6-12(10-13)17-26(23,24)15-9-4-3-8-14(15)25(2,21)22/h3-10,17H,1-2H3. The zero-order valence-corrected chi connectivity index (χ0v) is 15.5. The maximum Gasteiger partial charge on any atom is 0.263 e. The monoisotopic (exact) mass is 393 g/mol. The Labute approximate surface area is 150 Å². The molecule has 26 heavy (non-hydrogen) atoms. The van der Waals surface area contributed by atoms with Gasteiger partial charge >= 0.3 is 0 Å². The molecule has 0 atom stereocenters. The van der Waals surface area contributed by atoms with Gasteiger partial charge in [0, 0.05) is 6.26 Å². The summed E-state index contributed by atoms with van der Waals surface area (Å²) in [6, 6.07) is 11.9. The minimum absolute atomic E-state index is 0.251. The number of aromatic nitrogens is 4. The Bertz CT molecular complexity index is 1170. The number of rotatable bonds is 5. The average molecular weight is 393 g/mol. The van der Waals surface area contributed by atoms with Gasteiger partial charge in [0.2, 0.25) is 0 Å². The van der Waals surface area contributed by atoms with Crippen molar-refractivity contribution in [3.8, 4) is 5.69 Å². The molecule has 0 saturated heterocycles. The zero-order chi connectivity index (χ0) is 18.9. The lowest BCUT2D eigenvalue weighted by Crippen LogP contribution is -2.16. The highest BCUT2D eigenvalue weighted by molar-refractivity contribution is 7.95. The van der Waals surface area contributed by atoms with E-state index in [1.807, 2.05) is 0 Å². The summed E-state index contributed by atoms with van der Waals surface area (Å²) in [5.74, 6) is 0.535. The number of benzene rings is 2. The van der Waals surface area contributed by atoms with Crippen LogP contribution in [0.3, 0.4) is 0 Å². The fourth-order valence-electron chi connectivity index (χ4n) is 2.36. The van der Waals surface area contributed by atoms with Gasteiger partial charge in [-0.2, -0.15) is 4.68 Å². The van der Waals surface area contributed by atoms with Crippen LogP contribution < -0.4 is 4.72 Å². The number of aryl methyl sites for hydroxylation is 1. The van der Waals surface area contributed by atoms with E-state index < -0.39 is 19.9 Å². The van der Waals surface area contributed by atoms with E-state index in [0.29, 0.717) is 11.5 Å². The first-order chi connectivity index (χ1) is 12.2. The average Bonchev–Trinajstić information content (AvgIpc) is 3.00. The van der Waals surface area contributed by atoms with Crippen molar-refractivity contribution in [1.29, 1.82) is 0 Å². The third-order valence-corrected chi connectivity index (χ3v) is 6.23. The van der Waals surface area contributed by atoms with Gasteiger partial charge in [-0.3, -0.25) is 4.72 Å². The van der Waals surface area contributed by atoms with Crippen LogP contribution in [-0.2, 0) is 19.9 Å². The SMILES string of the molecule is Cc1nnnn1-c1cccc(NS(=O)(=O)c2ccccc2S(C)(=O)=O)c1. The number of nitrogens with zero attached hydrogens (tertiary/aromatic N) is 4. The van der Waals surface area contributed by atoms with Crippen LogP contribution in [-0.4, -0.2) is 43.3 Å². The van der Waals surface area contributed by atoms with E-state index in [4.69, 9.17) is 0 Å². The van der Waals surface area contributed by atoms with Crippen molar-refractivity contribution in [3.05, 3.63) is 54.4 Å². The Morgan fingerprint density at radius 1 is 0.962 bits per heavy atom. The molecule has 136 valence electrons. The quantitative estimate of drug-likeness (QED) is 0.690. The van der Waals surface area contributed by atoms with Crippen LogP contribution in [0.25, 0.3) is 5.69 Å². The van der Waals surface area contributed by atoms with Gasteiger partial charge in [-0.15, -0.1) is 5.10 Å². The highest BCUT2D eigenvalue weighted by Gasteiger charge is 2.23. The number of hydrogen-bond acceptors (Lipinski definition) is 7. The van der Waals surface area contributed by atoms with Gasteiger partial charge in [-0.25, -0.2) is 16.8 Å². The van der Waals surface area contributed by atoms with Crippen LogP contribution in [0.2, 0.25) is 0 Å². The molecule has 3 rings (SSSR count). The molecule has 1 heterocycles. The van der Waals surface area contributed by atoms with E-state index >= 15 is 0 Å². The molecule has 1 aromatic heterocycles. The van der Waals surface area contributed by atoms with Crippen molar-refractivity contribution in [2.75, 3.05) is 11.0 Å². The fraction of sp³-hybridized carbons (Fsp3) is 0.133. The minimum atomic E-state index is -4.11. The lowest BCUT2D eigenvalue weighted by molar-refractivity contribution is 0.588. The molecule has 3 aromatic rings. The summed E-state index contributed by atoms with van der Waals surface area (Å²) < 4.78 is 53.0. The summed E-state index contributed by atoms with van der Waals surface area (Å²) in [7, 11) is -7.82. The molecule has 0 radical (unpaired) electrons. The smallest absolute Gasteiger partial charge is 0.263 e. The van der Waals surface area contributed by atoms with E-state index in [0.717, 1.165) is 6.26 Å². The normalized spacial score (nSPS) is 12.1. The lowest BCUT2D eigenvalue weighted by Gasteiger charge is -2.12. The van der Waals surface area contributed by atoms with Gasteiger partial charge in [0.05, 0.1) is 16.3 Å². The van der Waals surface area contributed by atoms with Gasteiger partial charge in [0.25, 0.3) is 10.0 Å². The molecule has 0 saturated carbocycles. The minimum Gasteiger partial charge on any atom is -0.280 e. The van der Waals surface area contributed by atoms with E-state index in [1.54, 1.807) is 31.2 Å². The molecular formula is C15H15N5O4S2. The molecule has 0 fully saturated rings. The molecule has 11 heteroatoms. The van der Waals surface area contributed by atoms with Gasteiger partial charge < -0.3 is 0 Å².